The average Bonchev–Trinajstić information content (AvgIpc) is 3.78. The zero-order valence-electron chi connectivity index (χ0n) is 26.7. The van der Waals surface area contributed by atoms with Gasteiger partial charge in [0.1, 0.15) is 22.3 Å². The number of aromatic nitrogens is 3. The van der Waals surface area contributed by atoms with E-state index in [9.17, 15) is 0 Å². The van der Waals surface area contributed by atoms with Gasteiger partial charge in [-0.1, -0.05) is 140 Å². The maximum atomic E-state index is 6.72. The van der Waals surface area contributed by atoms with E-state index in [0.717, 1.165) is 82.8 Å². The van der Waals surface area contributed by atoms with E-state index in [1.807, 2.05) is 103 Å². The summed E-state index contributed by atoms with van der Waals surface area (Å²) >= 11 is 0. The summed E-state index contributed by atoms with van der Waals surface area (Å²) in [5, 5.41) is 4.18. The smallest absolute Gasteiger partial charge is 0.167 e. The summed E-state index contributed by atoms with van der Waals surface area (Å²) in [5.41, 5.74) is 10.2. The molecule has 0 saturated heterocycles. The molecule has 0 amide bonds. The van der Waals surface area contributed by atoms with E-state index in [1.54, 1.807) is 0 Å². The Labute approximate surface area is 287 Å². The van der Waals surface area contributed by atoms with Crippen LogP contribution < -0.4 is 0 Å². The number of nitrogens with zero attached hydrogens (tertiary/aromatic N) is 3. The van der Waals surface area contributed by atoms with Crippen LogP contribution in [0.2, 0.25) is 0 Å². The molecule has 0 saturated carbocycles. The number of fused-ring (bicyclic) bond motifs is 6. The van der Waals surface area contributed by atoms with Gasteiger partial charge in [0.15, 0.2) is 17.5 Å². The fourth-order valence-corrected chi connectivity index (χ4v) is 7.08. The number of rotatable bonds is 5. The molecule has 0 N–H and O–H groups in total. The second-order valence-corrected chi connectivity index (χ2v) is 12.3. The van der Waals surface area contributed by atoms with Crippen molar-refractivity contribution in [2.45, 2.75) is 0 Å². The lowest BCUT2D eigenvalue weighted by atomic mass is 9.93. The summed E-state index contributed by atoms with van der Waals surface area (Å²) in [4.78, 5) is 14.9. The second-order valence-electron chi connectivity index (χ2n) is 12.3. The van der Waals surface area contributed by atoms with Gasteiger partial charge in [0.2, 0.25) is 0 Å². The minimum atomic E-state index is 0.552. The van der Waals surface area contributed by atoms with Gasteiger partial charge in [-0.15, -0.1) is 0 Å². The first-order chi connectivity index (χ1) is 24.8. The molecule has 5 heteroatoms. The van der Waals surface area contributed by atoms with Crippen LogP contribution in [-0.4, -0.2) is 15.0 Å². The van der Waals surface area contributed by atoms with Gasteiger partial charge in [0.05, 0.1) is 5.56 Å². The maximum Gasteiger partial charge on any atom is 0.167 e. The lowest BCUT2D eigenvalue weighted by molar-refractivity contribution is 0.669. The summed E-state index contributed by atoms with van der Waals surface area (Å²) in [7, 11) is 0. The molecule has 3 aromatic heterocycles. The molecule has 0 aliphatic carbocycles. The highest BCUT2D eigenvalue weighted by Crippen LogP contribution is 2.46. The lowest BCUT2D eigenvalue weighted by Crippen LogP contribution is -2.00. The van der Waals surface area contributed by atoms with E-state index in [0.29, 0.717) is 17.5 Å². The van der Waals surface area contributed by atoms with E-state index in [2.05, 4.69) is 60.7 Å². The normalized spacial score (nSPS) is 11.6. The third kappa shape index (κ3) is 4.52. The fraction of sp³-hybridized carbons (Fsp3) is 0. The molecule has 0 spiro atoms. The molecule has 0 atom stereocenters. The van der Waals surface area contributed by atoms with Gasteiger partial charge < -0.3 is 8.83 Å². The van der Waals surface area contributed by atoms with Crippen molar-refractivity contribution in [3.8, 4) is 56.4 Å². The van der Waals surface area contributed by atoms with Gasteiger partial charge in [0.25, 0.3) is 0 Å². The largest absolute Gasteiger partial charge is 0.455 e. The Bertz CT molecular complexity index is 2800. The van der Waals surface area contributed by atoms with Crippen molar-refractivity contribution in [2.24, 2.45) is 0 Å². The van der Waals surface area contributed by atoms with Crippen molar-refractivity contribution < 1.29 is 8.83 Å². The van der Waals surface area contributed by atoms with Crippen molar-refractivity contribution in [1.29, 1.82) is 0 Å². The molecular formula is C45H27N3O2. The van der Waals surface area contributed by atoms with Gasteiger partial charge in [-0.05, 0) is 41.0 Å². The standard InChI is InChI=1S/C45H27N3O2/c1-4-14-28(15-5-1)31-26-27-33(42-40(31)34-20-10-11-24-37(34)49-42)32-21-13-25-38-39(32)35-22-12-23-36(41(35)50-38)45-47-43(29-16-6-2-7-17-29)46-44(48-45)30-18-8-3-9-19-30/h1-27H. The highest BCUT2D eigenvalue weighted by molar-refractivity contribution is 6.21. The second kappa shape index (κ2) is 11.4. The first-order valence-corrected chi connectivity index (χ1v) is 16.6. The number of furan rings is 2. The van der Waals surface area contributed by atoms with Crippen molar-refractivity contribution in [1.82, 2.24) is 15.0 Å². The predicted octanol–water partition coefficient (Wildman–Crippen LogP) is 12.0. The van der Waals surface area contributed by atoms with Crippen molar-refractivity contribution in [2.75, 3.05) is 0 Å². The lowest BCUT2D eigenvalue weighted by Gasteiger charge is -2.10. The predicted molar refractivity (Wildman–Crippen MR) is 202 cm³/mol. The first kappa shape index (κ1) is 28.2. The Morgan fingerprint density at radius 1 is 0.300 bits per heavy atom. The molecule has 10 aromatic rings. The third-order valence-electron chi connectivity index (χ3n) is 9.36. The van der Waals surface area contributed by atoms with E-state index in [1.165, 1.54) is 0 Å². The van der Waals surface area contributed by atoms with Crippen LogP contribution in [-0.2, 0) is 0 Å². The molecule has 0 radical (unpaired) electrons. The van der Waals surface area contributed by atoms with Crippen LogP contribution in [0.4, 0.5) is 0 Å². The molecule has 10 rings (SSSR count). The van der Waals surface area contributed by atoms with Crippen LogP contribution in [0.15, 0.2) is 173 Å². The minimum Gasteiger partial charge on any atom is -0.455 e. The van der Waals surface area contributed by atoms with E-state index < -0.39 is 0 Å². The van der Waals surface area contributed by atoms with Gasteiger partial charge in [-0.2, -0.15) is 0 Å². The Hall–Kier alpha value is -6.85. The van der Waals surface area contributed by atoms with Crippen LogP contribution in [0, 0.1) is 0 Å². The van der Waals surface area contributed by atoms with Crippen LogP contribution >= 0.6 is 0 Å². The van der Waals surface area contributed by atoms with Gasteiger partial charge in [0, 0.05) is 38.2 Å². The third-order valence-corrected chi connectivity index (χ3v) is 9.36. The average molecular weight is 642 g/mol. The zero-order valence-corrected chi connectivity index (χ0v) is 26.7. The van der Waals surface area contributed by atoms with Crippen LogP contribution in [0.3, 0.4) is 0 Å². The van der Waals surface area contributed by atoms with Crippen molar-refractivity contribution in [3.63, 3.8) is 0 Å². The van der Waals surface area contributed by atoms with Gasteiger partial charge in [-0.3, -0.25) is 0 Å². The highest BCUT2D eigenvalue weighted by Gasteiger charge is 2.22. The minimum absolute atomic E-state index is 0.552. The molecule has 0 aliphatic rings. The number of benzene rings is 7. The molecule has 0 unspecified atom stereocenters. The molecular weight excluding hydrogens is 615 g/mol. The fourth-order valence-electron chi connectivity index (χ4n) is 7.08. The summed E-state index contributed by atoms with van der Waals surface area (Å²) in [6.07, 6.45) is 0. The highest BCUT2D eigenvalue weighted by atomic mass is 16.3. The van der Waals surface area contributed by atoms with Crippen LogP contribution in [0.25, 0.3) is 100 Å². The van der Waals surface area contributed by atoms with Crippen molar-refractivity contribution in [3.05, 3.63) is 164 Å². The Balaban J connectivity index is 1.22. The monoisotopic (exact) mass is 641 g/mol. The zero-order chi connectivity index (χ0) is 33.0. The Kier molecular flexibility index (Phi) is 6.42. The van der Waals surface area contributed by atoms with E-state index >= 15 is 0 Å². The molecule has 0 aliphatic heterocycles. The Morgan fingerprint density at radius 2 is 0.820 bits per heavy atom. The quantitative estimate of drug-likeness (QED) is 0.187. The summed E-state index contributed by atoms with van der Waals surface area (Å²) in [6.45, 7) is 0. The molecule has 234 valence electrons. The summed E-state index contributed by atoms with van der Waals surface area (Å²) in [6, 6.07) is 55.6. The van der Waals surface area contributed by atoms with Gasteiger partial charge >= 0.3 is 0 Å². The van der Waals surface area contributed by atoms with Crippen LogP contribution in [0.1, 0.15) is 0 Å². The van der Waals surface area contributed by atoms with E-state index in [4.69, 9.17) is 23.8 Å². The maximum absolute atomic E-state index is 6.72. The molecule has 0 fully saturated rings. The molecule has 0 bridgehead atoms. The van der Waals surface area contributed by atoms with Crippen molar-refractivity contribution >= 4 is 43.9 Å². The number of para-hydroxylation sites is 2. The first-order valence-electron chi connectivity index (χ1n) is 16.6. The molecule has 50 heavy (non-hydrogen) atoms. The topological polar surface area (TPSA) is 65.0 Å². The summed E-state index contributed by atoms with van der Waals surface area (Å²) < 4.78 is 13.4. The SMILES string of the molecule is c1ccc(-c2nc(-c3ccccc3)nc(-c3cccc4c3oc3cccc(-c5ccc(-c6ccccc6)c6c5oc5ccccc56)c34)n2)cc1. The molecule has 7 aromatic carbocycles. The summed E-state index contributed by atoms with van der Waals surface area (Å²) in [5.74, 6) is 1.76. The molecule has 5 nitrogen and oxygen atoms in total. The number of hydrogen-bond donors (Lipinski definition) is 0. The molecule has 3 heterocycles. The Morgan fingerprint density at radius 3 is 1.54 bits per heavy atom. The van der Waals surface area contributed by atoms with Gasteiger partial charge in [-0.25, -0.2) is 15.0 Å². The van der Waals surface area contributed by atoms with E-state index in [-0.39, 0.29) is 0 Å². The van der Waals surface area contributed by atoms with Crippen LogP contribution in [0.5, 0.6) is 0 Å². The number of hydrogen-bond acceptors (Lipinski definition) is 5.